The van der Waals surface area contributed by atoms with Crippen molar-refractivity contribution in [3.63, 3.8) is 0 Å². The van der Waals surface area contributed by atoms with Crippen molar-refractivity contribution in [2.45, 2.75) is 32.0 Å². The van der Waals surface area contributed by atoms with Crippen LogP contribution in [0.5, 0.6) is 0 Å². The van der Waals surface area contributed by atoms with Gasteiger partial charge in [-0.1, -0.05) is 32.1 Å². The van der Waals surface area contributed by atoms with E-state index in [0.29, 0.717) is 0 Å². The molecule has 0 spiro atoms. The summed E-state index contributed by atoms with van der Waals surface area (Å²) >= 11 is 0. The van der Waals surface area contributed by atoms with Crippen LogP contribution in [0.2, 0.25) is 5.82 Å². The van der Waals surface area contributed by atoms with Crippen molar-refractivity contribution in [2.75, 3.05) is 0 Å². The van der Waals surface area contributed by atoms with Gasteiger partial charge in [0.2, 0.25) is 0 Å². The molecular weight excluding hydrogens is 94.9 g/mol. The van der Waals surface area contributed by atoms with Crippen molar-refractivity contribution < 1.29 is 0 Å². The van der Waals surface area contributed by atoms with E-state index < -0.39 is 0 Å². The number of rotatable bonds is 1. The van der Waals surface area contributed by atoms with Gasteiger partial charge in [0, 0.05) is 0 Å². The van der Waals surface area contributed by atoms with Gasteiger partial charge in [-0.15, -0.1) is 12.6 Å². The Balaban J connectivity index is 2.30. The molecule has 1 aliphatic rings. The molecule has 0 radical (unpaired) electrons. The third-order valence-electron chi connectivity index (χ3n) is 2.81. The van der Waals surface area contributed by atoms with Gasteiger partial charge in [-0.2, -0.15) is 0 Å². The second-order valence-corrected chi connectivity index (χ2v) is 3.29. The monoisotopic (exact) mass is 110 g/mol. The summed E-state index contributed by atoms with van der Waals surface area (Å²) in [6.45, 7) is 6.42. The van der Waals surface area contributed by atoms with Gasteiger partial charge in [0.25, 0.3) is 0 Å². The molecule has 0 saturated heterocycles. The van der Waals surface area contributed by atoms with Crippen LogP contribution >= 0.6 is 0 Å². The van der Waals surface area contributed by atoms with Crippen LogP contribution in [0.25, 0.3) is 0 Å². The van der Waals surface area contributed by atoms with Crippen molar-refractivity contribution in [3.8, 4) is 0 Å². The molecule has 1 saturated carbocycles. The zero-order valence-corrected chi connectivity index (χ0v) is 5.98. The number of hydrogen-bond acceptors (Lipinski definition) is 0. The van der Waals surface area contributed by atoms with E-state index in [9.17, 15) is 0 Å². The highest BCUT2D eigenvalue weighted by atomic mass is 14.2. The first kappa shape index (κ1) is 6.06. The Morgan fingerprint density at radius 1 is 1.50 bits per heavy atom. The van der Waals surface area contributed by atoms with Crippen LogP contribution in [-0.2, 0) is 0 Å². The van der Waals surface area contributed by atoms with Gasteiger partial charge >= 0.3 is 0 Å². The van der Waals surface area contributed by atoms with E-state index in [-0.39, 0.29) is 7.28 Å². The molecule has 0 aromatic heterocycles. The molecule has 0 nitrogen and oxygen atoms in total. The van der Waals surface area contributed by atoms with E-state index in [1.54, 1.807) is 0 Å². The zero-order valence-electron chi connectivity index (χ0n) is 5.98. The van der Waals surface area contributed by atoms with Crippen LogP contribution in [-0.4, -0.2) is 7.28 Å². The maximum absolute atomic E-state index is 4.04. The maximum Gasteiger partial charge on any atom is 0.169 e. The first-order valence-corrected chi connectivity index (χ1v) is 4.01. The van der Waals surface area contributed by atoms with Gasteiger partial charge in [0.1, 0.15) is 0 Å². The predicted octanol–water partition coefficient (Wildman–Crippen LogP) is 1.56. The second-order valence-electron chi connectivity index (χ2n) is 3.29. The largest absolute Gasteiger partial charge is 0.169 e. The zero-order chi connectivity index (χ0) is 5.98. The predicted molar refractivity (Wildman–Crippen MR) is 40.7 cm³/mol. The third kappa shape index (κ3) is 1.01. The average molecular weight is 110 g/mol. The van der Waals surface area contributed by atoms with E-state index in [1.165, 1.54) is 19.3 Å². The van der Waals surface area contributed by atoms with E-state index in [0.717, 1.165) is 11.7 Å². The van der Waals surface area contributed by atoms with Gasteiger partial charge in [0.15, 0.2) is 7.28 Å². The fourth-order valence-corrected chi connectivity index (χ4v) is 1.94. The lowest BCUT2D eigenvalue weighted by Crippen LogP contribution is -2.02. The van der Waals surface area contributed by atoms with Crippen molar-refractivity contribution in [2.24, 2.45) is 5.92 Å². The second kappa shape index (κ2) is 2.47. The summed E-state index contributed by atoms with van der Waals surface area (Å²) in [4.78, 5) is 0. The van der Waals surface area contributed by atoms with Crippen LogP contribution in [0.3, 0.4) is 0 Å². The van der Waals surface area contributed by atoms with Crippen molar-refractivity contribution in [3.05, 3.63) is 6.82 Å². The Morgan fingerprint density at radius 3 is 2.50 bits per heavy atom. The Morgan fingerprint density at radius 2 is 2.25 bits per heavy atom. The summed E-state index contributed by atoms with van der Waals surface area (Å²) in [5.41, 5.74) is 0. The fraction of sp³-hybridized carbons (Fsp3) is 0.857. The molecule has 0 aromatic carbocycles. The average Bonchev–Trinajstić information content (AvgIpc) is 2.14. The van der Waals surface area contributed by atoms with Crippen LogP contribution in [0, 0.1) is 12.7 Å². The summed E-state index contributed by atoms with van der Waals surface area (Å²) in [5, 5.41) is 0. The topological polar surface area (TPSA) is 0 Å². The molecule has 0 amide bonds. The minimum atomic E-state index is 0.199. The van der Waals surface area contributed by atoms with Gasteiger partial charge in [-0.3, -0.25) is 0 Å². The standard InChI is InChI=1S/C7H15B/c1-6-4-3-5-7(6)8-2/h6-7H,2-5,8H2,1H3. The Hall–Kier alpha value is -0.0651. The van der Waals surface area contributed by atoms with E-state index in [4.69, 9.17) is 0 Å². The molecule has 46 valence electrons. The highest BCUT2D eigenvalue weighted by molar-refractivity contribution is 6.39. The van der Waals surface area contributed by atoms with E-state index in [1.807, 2.05) is 0 Å². The lowest BCUT2D eigenvalue weighted by Gasteiger charge is -2.11. The smallest absolute Gasteiger partial charge is 0.139 e. The van der Waals surface area contributed by atoms with Gasteiger partial charge in [-0.25, -0.2) is 0 Å². The summed E-state index contributed by atoms with van der Waals surface area (Å²) in [6, 6.07) is 0. The maximum atomic E-state index is 4.04. The van der Waals surface area contributed by atoms with Crippen LogP contribution in [0.1, 0.15) is 26.2 Å². The van der Waals surface area contributed by atoms with Crippen molar-refractivity contribution in [1.82, 2.24) is 0 Å². The summed E-state index contributed by atoms with van der Waals surface area (Å²) in [6.07, 6.45) is 4.44. The fourth-order valence-electron chi connectivity index (χ4n) is 1.94. The Kier molecular flexibility index (Phi) is 1.87. The molecule has 1 fully saturated rings. The van der Waals surface area contributed by atoms with Crippen LogP contribution in [0.4, 0.5) is 0 Å². The van der Waals surface area contributed by atoms with Crippen molar-refractivity contribution in [1.29, 1.82) is 0 Å². The number of hydrogen-bond donors (Lipinski definition) is 0. The van der Waals surface area contributed by atoms with Gasteiger partial charge < -0.3 is 0 Å². The summed E-state index contributed by atoms with van der Waals surface area (Å²) in [7, 11) is 0.199. The molecule has 2 atom stereocenters. The van der Waals surface area contributed by atoms with Gasteiger partial charge in [0.05, 0.1) is 0 Å². The SMILES string of the molecule is [CH2+][BH2-]C1CCCC1C. The molecular formula is C7H15B. The first-order chi connectivity index (χ1) is 3.84. The molecule has 0 bridgehead atoms. The molecule has 0 N–H and O–H groups in total. The summed E-state index contributed by atoms with van der Waals surface area (Å²) in [5.74, 6) is 2.10. The van der Waals surface area contributed by atoms with E-state index in [2.05, 4.69) is 13.7 Å². The highest BCUT2D eigenvalue weighted by Crippen LogP contribution is 2.34. The summed E-state index contributed by atoms with van der Waals surface area (Å²) < 4.78 is 0. The van der Waals surface area contributed by atoms with Crippen LogP contribution < -0.4 is 0 Å². The lowest BCUT2D eigenvalue weighted by atomic mass is 9.63. The molecule has 1 rings (SSSR count). The molecule has 0 aromatic rings. The molecule has 2 unspecified atom stereocenters. The first-order valence-electron chi connectivity index (χ1n) is 4.01. The Bertz CT molecular complexity index is 70.8. The molecule has 0 aliphatic heterocycles. The van der Waals surface area contributed by atoms with Gasteiger partial charge in [-0.05, 0) is 0 Å². The minimum absolute atomic E-state index is 0.199. The van der Waals surface area contributed by atoms with E-state index >= 15 is 0 Å². The highest BCUT2D eigenvalue weighted by Gasteiger charge is 2.19. The normalized spacial score (nSPS) is 38.1. The quantitative estimate of drug-likeness (QED) is 0.355. The molecule has 0 heterocycles. The third-order valence-corrected chi connectivity index (χ3v) is 2.81. The molecule has 8 heavy (non-hydrogen) atoms. The van der Waals surface area contributed by atoms with Crippen LogP contribution in [0.15, 0.2) is 0 Å². The Labute approximate surface area is 52.9 Å². The minimum Gasteiger partial charge on any atom is -0.139 e. The molecule has 1 aliphatic carbocycles. The molecule has 1 heteroatoms. The lowest BCUT2D eigenvalue weighted by molar-refractivity contribution is 0.608. The van der Waals surface area contributed by atoms with Crippen molar-refractivity contribution >= 4 is 7.28 Å².